The van der Waals surface area contributed by atoms with Crippen molar-refractivity contribution in [2.45, 2.75) is 32.2 Å². The van der Waals surface area contributed by atoms with Crippen molar-refractivity contribution in [3.8, 4) is 5.75 Å². The highest BCUT2D eigenvalue weighted by atomic mass is 32.2. The van der Waals surface area contributed by atoms with Gasteiger partial charge >= 0.3 is 0 Å². The topological polar surface area (TPSA) is 76.1 Å². The minimum atomic E-state index is -3.15. The molecule has 1 fully saturated rings. The maximum Gasteiger partial charge on any atom is 0.154 e. The molecule has 1 heterocycles. The Balaban J connectivity index is 2.17. The van der Waals surface area contributed by atoms with Crippen molar-refractivity contribution < 1.29 is 23.0 Å². The van der Waals surface area contributed by atoms with Crippen molar-refractivity contribution >= 4 is 9.84 Å². The van der Waals surface area contributed by atoms with E-state index in [2.05, 4.69) is 0 Å². The van der Waals surface area contributed by atoms with Gasteiger partial charge in [0.05, 0.1) is 37.4 Å². The maximum atomic E-state index is 11.7. The molecule has 0 saturated carbocycles. The van der Waals surface area contributed by atoms with E-state index < -0.39 is 15.9 Å². The van der Waals surface area contributed by atoms with Crippen LogP contribution in [0.3, 0.4) is 0 Å². The molecule has 0 aliphatic carbocycles. The standard InChI is InChI=1S/C16H25NO5S/c1-4-17(14-10-23(19,20)11-15(14)18)8-12-5-6-16(22-3)13(7-12)9-21-2/h5-7,14-15,18H,4,8-11H2,1-3H3/t14-,15-/m0/s1. The summed E-state index contributed by atoms with van der Waals surface area (Å²) >= 11 is 0. The molecule has 1 saturated heterocycles. The summed E-state index contributed by atoms with van der Waals surface area (Å²) in [4.78, 5) is 2.01. The highest BCUT2D eigenvalue weighted by molar-refractivity contribution is 7.91. The summed E-state index contributed by atoms with van der Waals surface area (Å²) in [6.07, 6.45) is -0.823. The lowest BCUT2D eigenvalue weighted by Gasteiger charge is -2.29. The number of ether oxygens (including phenoxy) is 2. The fourth-order valence-electron chi connectivity index (χ4n) is 3.06. The second kappa shape index (κ2) is 7.61. The fourth-order valence-corrected chi connectivity index (χ4v) is 4.89. The number of aliphatic hydroxyl groups is 1. The molecule has 0 bridgehead atoms. The van der Waals surface area contributed by atoms with E-state index >= 15 is 0 Å². The minimum Gasteiger partial charge on any atom is -0.496 e. The summed E-state index contributed by atoms with van der Waals surface area (Å²) in [5, 5.41) is 10.1. The van der Waals surface area contributed by atoms with Crippen LogP contribution >= 0.6 is 0 Å². The zero-order valence-corrected chi connectivity index (χ0v) is 14.7. The molecule has 0 amide bonds. The lowest BCUT2D eigenvalue weighted by atomic mass is 10.1. The molecule has 130 valence electrons. The molecule has 1 aromatic rings. The number of benzene rings is 1. The smallest absolute Gasteiger partial charge is 0.154 e. The first-order valence-electron chi connectivity index (χ1n) is 7.67. The lowest BCUT2D eigenvalue weighted by Crippen LogP contribution is -2.42. The number of hydrogen-bond acceptors (Lipinski definition) is 6. The quantitative estimate of drug-likeness (QED) is 0.790. The van der Waals surface area contributed by atoms with Crippen LogP contribution in [0, 0.1) is 0 Å². The molecule has 1 aromatic carbocycles. The van der Waals surface area contributed by atoms with Gasteiger partial charge in [-0.2, -0.15) is 0 Å². The second-order valence-corrected chi connectivity index (χ2v) is 8.01. The molecule has 0 spiro atoms. The molecule has 7 heteroatoms. The van der Waals surface area contributed by atoms with Crippen LogP contribution in [0.25, 0.3) is 0 Å². The summed E-state index contributed by atoms with van der Waals surface area (Å²) in [5.74, 6) is 0.636. The lowest BCUT2D eigenvalue weighted by molar-refractivity contribution is 0.0818. The van der Waals surface area contributed by atoms with Crippen LogP contribution in [-0.2, 0) is 27.7 Å². The molecule has 0 radical (unpaired) electrons. The summed E-state index contributed by atoms with van der Waals surface area (Å²) < 4.78 is 34.0. The molecule has 0 unspecified atom stereocenters. The van der Waals surface area contributed by atoms with Gasteiger partial charge in [0.15, 0.2) is 9.84 Å². The van der Waals surface area contributed by atoms with Gasteiger partial charge in [-0.1, -0.05) is 13.0 Å². The van der Waals surface area contributed by atoms with E-state index in [-0.39, 0.29) is 17.5 Å². The average Bonchev–Trinajstić information content (AvgIpc) is 2.78. The highest BCUT2D eigenvalue weighted by Gasteiger charge is 2.39. The SMILES string of the molecule is CCN(Cc1ccc(OC)c(COC)c1)[C@H]1CS(=O)(=O)C[C@@H]1O. The Bertz CT molecular complexity index is 631. The van der Waals surface area contributed by atoms with E-state index in [0.717, 1.165) is 16.9 Å². The number of aliphatic hydroxyl groups excluding tert-OH is 1. The van der Waals surface area contributed by atoms with Crippen molar-refractivity contribution in [2.24, 2.45) is 0 Å². The Morgan fingerprint density at radius 3 is 2.57 bits per heavy atom. The molecular weight excluding hydrogens is 318 g/mol. The number of sulfone groups is 1. The number of methoxy groups -OCH3 is 2. The van der Waals surface area contributed by atoms with Crippen LogP contribution in [0.1, 0.15) is 18.1 Å². The largest absolute Gasteiger partial charge is 0.496 e. The Kier molecular flexibility index (Phi) is 6.02. The molecule has 1 N–H and O–H groups in total. The second-order valence-electron chi connectivity index (χ2n) is 5.85. The Morgan fingerprint density at radius 1 is 1.30 bits per heavy atom. The van der Waals surface area contributed by atoms with Gasteiger partial charge in [0, 0.05) is 19.2 Å². The third-order valence-corrected chi connectivity index (χ3v) is 5.90. The summed E-state index contributed by atoms with van der Waals surface area (Å²) in [6.45, 7) is 3.66. The highest BCUT2D eigenvalue weighted by Crippen LogP contribution is 2.24. The van der Waals surface area contributed by atoms with Crippen LogP contribution in [0.4, 0.5) is 0 Å². The van der Waals surface area contributed by atoms with E-state index in [0.29, 0.717) is 19.7 Å². The predicted molar refractivity (Wildman–Crippen MR) is 88.2 cm³/mol. The van der Waals surface area contributed by atoms with E-state index in [9.17, 15) is 13.5 Å². The fraction of sp³-hybridized carbons (Fsp3) is 0.625. The zero-order valence-electron chi connectivity index (χ0n) is 13.9. The van der Waals surface area contributed by atoms with Crippen molar-refractivity contribution in [2.75, 3.05) is 32.3 Å². The number of nitrogens with zero attached hydrogens (tertiary/aromatic N) is 1. The minimum absolute atomic E-state index is 0.0170. The van der Waals surface area contributed by atoms with E-state index in [1.54, 1.807) is 14.2 Å². The van der Waals surface area contributed by atoms with Gasteiger partial charge in [-0.3, -0.25) is 4.90 Å². The summed E-state index contributed by atoms with van der Waals surface area (Å²) in [6, 6.07) is 5.49. The van der Waals surface area contributed by atoms with E-state index in [1.165, 1.54) is 0 Å². The summed E-state index contributed by atoms with van der Waals surface area (Å²) in [5.41, 5.74) is 1.99. The average molecular weight is 343 g/mol. The molecule has 6 nitrogen and oxygen atoms in total. The van der Waals surface area contributed by atoms with Gasteiger partial charge in [-0.25, -0.2) is 8.42 Å². The first-order chi connectivity index (χ1) is 10.9. The number of rotatable bonds is 7. The van der Waals surface area contributed by atoms with Gasteiger partial charge in [-0.05, 0) is 24.2 Å². The predicted octanol–water partition coefficient (Wildman–Crippen LogP) is 0.821. The van der Waals surface area contributed by atoms with Crippen LogP contribution in [0.5, 0.6) is 5.75 Å². The first kappa shape index (κ1) is 18.2. The van der Waals surface area contributed by atoms with E-state index in [1.807, 2.05) is 30.0 Å². The van der Waals surface area contributed by atoms with Gasteiger partial charge in [0.25, 0.3) is 0 Å². The van der Waals surface area contributed by atoms with Crippen molar-refractivity contribution in [3.05, 3.63) is 29.3 Å². The third kappa shape index (κ3) is 4.44. The normalized spacial score (nSPS) is 23.3. The molecular formula is C16H25NO5S. The molecule has 23 heavy (non-hydrogen) atoms. The van der Waals surface area contributed by atoms with Gasteiger partial charge in [-0.15, -0.1) is 0 Å². The van der Waals surface area contributed by atoms with Crippen LogP contribution in [0.15, 0.2) is 18.2 Å². The Hall–Kier alpha value is -1.15. The van der Waals surface area contributed by atoms with Crippen molar-refractivity contribution in [3.63, 3.8) is 0 Å². The monoisotopic (exact) mass is 343 g/mol. The number of likely N-dealkylation sites (N-methyl/N-ethyl adjacent to an activating group) is 1. The zero-order chi connectivity index (χ0) is 17.0. The number of hydrogen-bond donors (Lipinski definition) is 1. The molecule has 1 aliphatic heterocycles. The molecule has 2 atom stereocenters. The van der Waals surface area contributed by atoms with Crippen LogP contribution < -0.4 is 4.74 Å². The summed E-state index contributed by atoms with van der Waals surface area (Å²) in [7, 11) is 0.0953. The first-order valence-corrected chi connectivity index (χ1v) is 9.49. The maximum absolute atomic E-state index is 11.7. The van der Waals surface area contributed by atoms with Crippen molar-refractivity contribution in [1.29, 1.82) is 0 Å². The van der Waals surface area contributed by atoms with Crippen LogP contribution in [-0.4, -0.2) is 62.8 Å². The van der Waals surface area contributed by atoms with Crippen LogP contribution in [0.2, 0.25) is 0 Å². The van der Waals surface area contributed by atoms with Gasteiger partial charge < -0.3 is 14.6 Å². The van der Waals surface area contributed by atoms with Crippen molar-refractivity contribution in [1.82, 2.24) is 4.90 Å². The van der Waals surface area contributed by atoms with E-state index in [4.69, 9.17) is 9.47 Å². The Morgan fingerprint density at radius 2 is 2.04 bits per heavy atom. The molecule has 0 aromatic heterocycles. The molecule has 2 rings (SSSR count). The third-order valence-electron chi connectivity index (χ3n) is 4.20. The Labute approximate surface area is 137 Å². The van der Waals surface area contributed by atoms with Gasteiger partial charge in [0.1, 0.15) is 5.75 Å². The van der Waals surface area contributed by atoms with Gasteiger partial charge in [0.2, 0.25) is 0 Å². The molecule has 1 aliphatic rings.